The molecule has 178 valence electrons. The lowest BCUT2D eigenvalue weighted by molar-refractivity contribution is -0.136. The van der Waals surface area contributed by atoms with Gasteiger partial charge in [-0.05, 0) is 85.9 Å². The van der Waals surface area contributed by atoms with Crippen molar-refractivity contribution in [2.45, 2.75) is 33.7 Å². The van der Waals surface area contributed by atoms with Gasteiger partial charge in [0.1, 0.15) is 0 Å². The minimum Gasteiger partial charge on any atom is -0.481 e. The largest absolute Gasteiger partial charge is 0.481 e. The second-order valence-corrected chi connectivity index (χ2v) is 10.8. The molecule has 0 unspecified atom stereocenters. The van der Waals surface area contributed by atoms with Crippen molar-refractivity contribution in [1.29, 1.82) is 0 Å². The molecule has 0 aliphatic carbocycles. The van der Waals surface area contributed by atoms with Crippen LogP contribution in [0.25, 0.3) is 22.3 Å². The van der Waals surface area contributed by atoms with Crippen LogP contribution in [0.1, 0.15) is 27.8 Å². The van der Waals surface area contributed by atoms with Crippen molar-refractivity contribution < 1.29 is 9.90 Å². The Morgan fingerprint density at radius 3 is 2.38 bits per heavy atom. The van der Waals surface area contributed by atoms with Crippen LogP contribution in [0.5, 0.6) is 0 Å². The molecule has 0 saturated carbocycles. The van der Waals surface area contributed by atoms with Crippen LogP contribution in [0, 0.1) is 20.8 Å². The fourth-order valence-corrected chi connectivity index (χ4v) is 5.81. The number of rotatable bonds is 7. The van der Waals surface area contributed by atoms with Crippen molar-refractivity contribution in [1.82, 2.24) is 4.31 Å². The number of benzene rings is 3. The minimum absolute atomic E-state index is 0.000683. The Morgan fingerprint density at radius 1 is 1.06 bits per heavy atom. The molecule has 7 heteroatoms. The molecule has 0 atom stereocenters. The fourth-order valence-electron chi connectivity index (χ4n) is 4.72. The van der Waals surface area contributed by atoms with Crippen molar-refractivity contribution in [3.63, 3.8) is 0 Å². The number of carboxylic acids is 1. The smallest absolute Gasteiger partial charge is 0.307 e. The molecule has 0 spiro atoms. The molecule has 0 fully saturated rings. The molecule has 34 heavy (non-hydrogen) atoms. The van der Waals surface area contributed by atoms with Gasteiger partial charge < -0.3 is 14.1 Å². The first-order valence-electron chi connectivity index (χ1n) is 11.2. The van der Waals surface area contributed by atoms with Crippen molar-refractivity contribution in [2.75, 3.05) is 29.4 Å². The lowest BCUT2D eigenvalue weighted by Gasteiger charge is -2.36. The average Bonchev–Trinajstić information content (AvgIpc) is 2.80. The quantitative estimate of drug-likeness (QED) is 0.355. The van der Waals surface area contributed by atoms with Gasteiger partial charge in [-0.1, -0.05) is 47.8 Å². The van der Waals surface area contributed by atoms with Gasteiger partial charge in [-0.3, -0.25) is 4.79 Å². The summed E-state index contributed by atoms with van der Waals surface area (Å²) in [5.74, 6) is -0.810. The molecule has 0 radical (unpaired) electrons. The summed E-state index contributed by atoms with van der Waals surface area (Å²) in [6.45, 7) is 7.06. The number of aliphatic carboxylic acids is 1. The first-order valence-corrected chi connectivity index (χ1v) is 13.2. The topological polar surface area (TPSA) is 55.8 Å². The molecule has 3 aromatic carbocycles. The summed E-state index contributed by atoms with van der Waals surface area (Å²) in [7, 11) is 4.01. The molecular weight excluding hydrogens is 462 g/mol. The third-order valence-corrected chi connectivity index (χ3v) is 7.72. The van der Waals surface area contributed by atoms with Gasteiger partial charge in [0.15, 0.2) is 0 Å². The highest BCUT2D eigenvalue weighted by Gasteiger charge is 2.30. The van der Waals surface area contributed by atoms with E-state index in [0.717, 1.165) is 45.7 Å². The van der Waals surface area contributed by atoms with E-state index in [0.29, 0.717) is 0 Å². The van der Waals surface area contributed by atoms with Crippen molar-refractivity contribution in [3.8, 4) is 22.3 Å². The van der Waals surface area contributed by atoms with Crippen molar-refractivity contribution in [2.24, 2.45) is 0 Å². The van der Waals surface area contributed by atoms with E-state index in [-0.39, 0.29) is 6.42 Å². The highest BCUT2D eigenvalue weighted by Crippen LogP contribution is 2.50. The van der Waals surface area contributed by atoms with E-state index in [1.807, 2.05) is 18.4 Å². The monoisotopic (exact) mass is 493 g/mol. The van der Waals surface area contributed by atoms with Crippen LogP contribution in [0.15, 0.2) is 42.5 Å². The van der Waals surface area contributed by atoms with Crippen LogP contribution < -0.4 is 9.03 Å². The third kappa shape index (κ3) is 4.65. The van der Waals surface area contributed by atoms with Crippen LogP contribution in [-0.4, -0.2) is 35.7 Å². The number of nitrogens with zero attached hydrogens (tertiary/aromatic N) is 2. The molecule has 1 aliphatic heterocycles. The number of hydrogen-bond donors (Lipinski definition) is 2. The summed E-state index contributed by atoms with van der Waals surface area (Å²) >= 11 is 3.23. The number of nitrogens with one attached hydrogen (secondary N) is 1. The van der Waals surface area contributed by atoms with E-state index in [9.17, 15) is 9.90 Å². The van der Waals surface area contributed by atoms with Crippen molar-refractivity contribution in [3.05, 3.63) is 70.3 Å². The van der Waals surface area contributed by atoms with Crippen LogP contribution in [0.4, 0.5) is 11.4 Å². The Balaban J connectivity index is 2.01. The van der Waals surface area contributed by atoms with Gasteiger partial charge >= 0.3 is 5.97 Å². The number of carbonyl (C=O) groups is 1. The maximum absolute atomic E-state index is 11.9. The molecule has 0 amide bonds. The fraction of sp³-hybridized carbons (Fsp3) is 0.296. The third-order valence-electron chi connectivity index (χ3n) is 6.27. The van der Waals surface area contributed by atoms with Crippen LogP contribution in [0.3, 0.4) is 0 Å². The van der Waals surface area contributed by atoms with Crippen LogP contribution in [0.2, 0.25) is 0 Å². The van der Waals surface area contributed by atoms with Gasteiger partial charge in [0.2, 0.25) is 0 Å². The Morgan fingerprint density at radius 2 is 1.76 bits per heavy atom. The summed E-state index contributed by atoms with van der Waals surface area (Å²) < 4.78 is 7.74. The zero-order valence-corrected chi connectivity index (χ0v) is 22.2. The van der Waals surface area contributed by atoms with Gasteiger partial charge in [-0.15, -0.1) is 0 Å². The molecule has 2 N–H and O–H groups in total. The molecule has 0 bridgehead atoms. The predicted octanol–water partition coefficient (Wildman–Crippen LogP) is 6.71. The molecule has 1 aliphatic rings. The summed E-state index contributed by atoms with van der Waals surface area (Å²) in [5.41, 5.74) is 12.2. The summed E-state index contributed by atoms with van der Waals surface area (Å²) in [6.07, 6.45) is 2.08. The number of fused-ring (bicyclic) bond motifs is 3. The first kappa shape index (κ1) is 24.5. The Hall–Kier alpha value is -2.61. The van der Waals surface area contributed by atoms with E-state index in [4.69, 9.17) is 0 Å². The van der Waals surface area contributed by atoms with E-state index >= 15 is 0 Å². The zero-order valence-electron chi connectivity index (χ0n) is 20.5. The predicted molar refractivity (Wildman–Crippen MR) is 147 cm³/mol. The van der Waals surface area contributed by atoms with E-state index < -0.39 is 5.97 Å². The first-order chi connectivity index (χ1) is 16.2. The Bertz CT molecular complexity index is 1240. The SMILES string of the molecule is CSN1Cc2ccc(NSN(C)C)cc2-c2c(C)c(-c3ccc(C)cc3)c(CC(=O)O)c(C)c21. The molecule has 1 heterocycles. The number of aryl methyl sites for hydroxylation is 1. The Labute approximate surface area is 211 Å². The second-order valence-electron chi connectivity index (χ2n) is 8.86. The molecule has 3 aromatic rings. The van der Waals surface area contributed by atoms with E-state index in [1.54, 1.807) is 24.1 Å². The van der Waals surface area contributed by atoms with Gasteiger partial charge in [0.25, 0.3) is 0 Å². The molecule has 0 aromatic heterocycles. The van der Waals surface area contributed by atoms with Gasteiger partial charge in [-0.25, -0.2) is 4.31 Å². The number of anilines is 2. The maximum atomic E-state index is 11.9. The van der Waals surface area contributed by atoms with Crippen molar-refractivity contribution >= 4 is 41.4 Å². The highest BCUT2D eigenvalue weighted by molar-refractivity contribution is 8.00. The van der Waals surface area contributed by atoms with Crippen LogP contribution >= 0.6 is 24.1 Å². The Kier molecular flexibility index (Phi) is 7.17. The zero-order chi connectivity index (χ0) is 24.6. The molecule has 5 nitrogen and oxygen atoms in total. The second kappa shape index (κ2) is 9.94. The highest BCUT2D eigenvalue weighted by atomic mass is 32.2. The molecular formula is C27H31N3O2S2. The van der Waals surface area contributed by atoms with E-state index in [2.05, 4.69) is 78.5 Å². The average molecular weight is 494 g/mol. The number of carboxylic acid groups (broad SMARTS) is 1. The van der Waals surface area contributed by atoms with Gasteiger partial charge in [0, 0.05) is 29.6 Å². The number of hydrogen-bond acceptors (Lipinski definition) is 6. The molecule has 4 rings (SSSR count). The van der Waals surface area contributed by atoms with Gasteiger partial charge in [0.05, 0.1) is 18.7 Å². The van der Waals surface area contributed by atoms with Crippen LogP contribution in [-0.2, 0) is 17.8 Å². The normalized spacial score (nSPS) is 12.5. The summed E-state index contributed by atoms with van der Waals surface area (Å²) in [6, 6.07) is 15.0. The van der Waals surface area contributed by atoms with E-state index in [1.165, 1.54) is 22.3 Å². The molecule has 0 saturated heterocycles. The summed E-state index contributed by atoms with van der Waals surface area (Å²) in [4.78, 5) is 11.9. The maximum Gasteiger partial charge on any atom is 0.307 e. The standard InChI is InChI=1S/C27H31N3O2S2/c1-16-7-9-19(10-8-16)25-18(3)26-23-13-21(28-34-29(4)5)12-11-20(23)15-30(33-6)27(26)17(2)22(25)14-24(31)32/h7-13,28H,14-15H2,1-6H3,(H,31,32). The summed E-state index contributed by atoms with van der Waals surface area (Å²) in [5, 5.41) is 9.79. The lowest BCUT2D eigenvalue weighted by Crippen LogP contribution is -2.22. The van der Waals surface area contributed by atoms with Gasteiger partial charge in [-0.2, -0.15) is 0 Å². The minimum atomic E-state index is -0.810. The lowest BCUT2D eigenvalue weighted by atomic mass is 9.81.